The highest BCUT2D eigenvalue weighted by atomic mass is 79.9. The van der Waals surface area contributed by atoms with Crippen LogP contribution >= 0.6 is 15.9 Å². The number of halogens is 1. The van der Waals surface area contributed by atoms with Crippen molar-refractivity contribution in [3.8, 4) is 5.75 Å². The standard InChI is InChI=1S/C16H24BrNO3/c1-11(2)9-20-10-15(19)8-18-7-13-6-14(17)5-12-3-4-21-16(12)13/h5-6,11,15,18-19H,3-4,7-10H2,1-2H3. The van der Waals surface area contributed by atoms with E-state index in [1.165, 1.54) is 5.56 Å². The van der Waals surface area contributed by atoms with E-state index in [4.69, 9.17) is 9.47 Å². The molecule has 0 aliphatic carbocycles. The molecule has 4 nitrogen and oxygen atoms in total. The Balaban J connectivity index is 1.76. The van der Waals surface area contributed by atoms with Crippen molar-refractivity contribution in [1.29, 1.82) is 0 Å². The molecule has 1 aliphatic rings. The number of ether oxygens (including phenoxy) is 2. The van der Waals surface area contributed by atoms with Crippen molar-refractivity contribution < 1.29 is 14.6 Å². The zero-order chi connectivity index (χ0) is 15.2. The Kier molecular flexibility index (Phi) is 6.48. The molecule has 118 valence electrons. The maximum Gasteiger partial charge on any atom is 0.127 e. The molecule has 0 saturated carbocycles. The first kappa shape index (κ1) is 16.7. The summed E-state index contributed by atoms with van der Waals surface area (Å²) >= 11 is 3.53. The van der Waals surface area contributed by atoms with Crippen LogP contribution in [0.1, 0.15) is 25.0 Å². The second kappa shape index (κ2) is 8.13. The smallest absolute Gasteiger partial charge is 0.127 e. The third-order valence-electron chi connectivity index (χ3n) is 3.28. The van der Waals surface area contributed by atoms with Crippen LogP contribution < -0.4 is 10.1 Å². The lowest BCUT2D eigenvalue weighted by molar-refractivity contribution is 0.0260. The molecule has 21 heavy (non-hydrogen) atoms. The molecule has 1 heterocycles. The summed E-state index contributed by atoms with van der Waals surface area (Å²) < 4.78 is 12.2. The molecular weight excluding hydrogens is 334 g/mol. The molecule has 5 heteroatoms. The van der Waals surface area contributed by atoms with Gasteiger partial charge in [-0.05, 0) is 23.6 Å². The van der Waals surface area contributed by atoms with Gasteiger partial charge in [-0.15, -0.1) is 0 Å². The van der Waals surface area contributed by atoms with Crippen molar-refractivity contribution >= 4 is 15.9 Å². The van der Waals surface area contributed by atoms with Crippen LogP contribution in [0, 0.1) is 5.92 Å². The van der Waals surface area contributed by atoms with Crippen molar-refractivity contribution in [2.75, 3.05) is 26.4 Å². The quantitative estimate of drug-likeness (QED) is 0.750. The van der Waals surface area contributed by atoms with E-state index >= 15 is 0 Å². The van der Waals surface area contributed by atoms with Gasteiger partial charge in [0.15, 0.2) is 0 Å². The molecule has 1 aliphatic heterocycles. The summed E-state index contributed by atoms with van der Waals surface area (Å²) in [5.74, 6) is 1.49. The molecule has 0 aromatic heterocycles. The van der Waals surface area contributed by atoms with Gasteiger partial charge in [-0.3, -0.25) is 0 Å². The van der Waals surface area contributed by atoms with Crippen LogP contribution in [-0.2, 0) is 17.7 Å². The van der Waals surface area contributed by atoms with E-state index in [0.29, 0.717) is 32.2 Å². The number of aliphatic hydroxyl groups excluding tert-OH is 1. The first-order valence-corrected chi connectivity index (χ1v) is 8.26. The van der Waals surface area contributed by atoms with Crippen molar-refractivity contribution in [3.63, 3.8) is 0 Å². The molecule has 1 atom stereocenters. The summed E-state index contributed by atoms with van der Waals surface area (Å²) in [6, 6.07) is 4.18. The lowest BCUT2D eigenvalue weighted by atomic mass is 10.1. The molecular formula is C16H24BrNO3. The van der Waals surface area contributed by atoms with Gasteiger partial charge in [0.05, 0.1) is 19.3 Å². The van der Waals surface area contributed by atoms with Crippen LogP contribution in [0.5, 0.6) is 5.75 Å². The molecule has 1 aromatic rings. The van der Waals surface area contributed by atoms with Gasteiger partial charge >= 0.3 is 0 Å². The minimum atomic E-state index is -0.482. The van der Waals surface area contributed by atoms with Gasteiger partial charge in [-0.1, -0.05) is 29.8 Å². The number of hydrogen-bond donors (Lipinski definition) is 2. The highest BCUT2D eigenvalue weighted by molar-refractivity contribution is 9.10. The monoisotopic (exact) mass is 357 g/mol. The second-order valence-corrected chi connectivity index (χ2v) is 6.78. The largest absolute Gasteiger partial charge is 0.493 e. The lowest BCUT2D eigenvalue weighted by Gasteiger charge is -2.14. The third kappa shape index (κ3) is 5.25. The fourth-order valence-electron chi connectivity index (χ4n) is 2.35. The van der Waals surface area contributed by atoms with Crippen LogP contribution in [0.25, 0.3) is 0 Å². The molecule has 0 radical (unpaired) electrons. The molecule has 0 spiro atoms. The normalized spacial score (nSPS) is 15.1. The highest BCUT2D eigenvalue weighted by Gasteiger charge is 2.17. The van der Waals surface area contributed by atoms with Gasteiger partial charge in [0, 0.05) is 36.2 Å². The van der Waals surface area contributed by atoms with Gasteiger partial charge in [0.1, 0.15) is 5.75 Å². The fraction of sp³-hybridized carbons (Fsp3) is 0.625. The predicted octanol–water partition coefficient (Wildman–Crippen LogP) is 2.51. The molecule has 0 amide bonds. The summed E-state index contributed by atoms with van der Waals surface area (Å²) in [5.41, 5.74) is 2.38. The number of nitrogens with one attached hydrogen (secondary N) is 1. The average molecular weight is 358 g/mol. The molecule has 0 saturated heterocycles. The minimum Gasteiger partial charge on any atom is -0.493 e. The van der Waals surface area contributed by atoms with Crippen LogP contribution in [0.2, 0.25) is 0 Å². The summed E-state index contributed by atoms with van der Waals surface area (Å²) in [6.07, 6.45) is 0.484. The molecule has 2 rings (SSSR count). The molecule has 1 unspecified atom stereocenters. The lowest BCUT2D eigenvalue weighted by Crippen LogP contribution is -2.30. The van der Waals surface area contributed by atoms with E-state index in [9.17, 15) is 5.11 Å². The zero-order valence-corrected chi connectivity index (χ0v) is 14.3. The Morgan fingerprint density at radius 1 is 1.38 bits per heavy atom. The Hall–Kier alpha value is -0.620. The summed E-state index contributed by atoms with van der Waals surface area (Å²) in [6.45, 7) is 7.20. The van der Waals surface area contributed by atoms with Crippen molar-refractivity contribution in [2.45, 2.75) is 32.9 Å². The third-order valence-corrected chi connectivity index (χ3v) is 3.74. The predicted molar refractivity (Wildman–Crippen MR) is 86.7 cm³/mol. The fourth-order valence-corrected chi connectivity index (χ4v) is 2.90. The van der Waals surface area contributed by atoms with Crippen molar-refractivity contribution in [1.82, 2.24) is 5.32 Å². The van der Waals surface area contributed by atoms with E-state index in [1.807, 2.05) is 0 Å². The Morgan fingerprint density at radius 2 is 2.19 bits per heavy atom. The first-order valence-electron chi connectivity index (χ1n) is 7.47. The summed E-state index contributed by atoms with van der Waals surface area (Å²) in [7, 11) is 0. The van der Waals surface area contributed by atoms with Crippen LogP contribution in [0.3, 0.4) is 0 Å². The van der Waals surface area contributed by atoms with E-state index in [1.54, 1.807) is 0 Å². The van der Waals surface area contributed by atoms with E-state index in [2.05, 4.69) is 47.2 Å². The number of fused-ring (bicyclic) bond motifs is 1. The van der Waals surface area contributed by atoms with E-state index in [-0.39, 0.29) is 0 Å². The van der Waals surface area contributed by atoms with Gasteiger partial charge in [-0.25, -0.2) is 0 Å². The van der Waals surface area contributed by atoms with Gasteiger partial charge in [-0.2, -0.15) is 0 Å². The number of aliphatic hydroxyl groups is 1. The van der Waals surface area contributed by atoms with E-state index < -0.39 is 6.10 Å². The molecule has 2 N–H and O–H groups in total. The maximum atomic E-state index is 9.86. The van der Waals surface area contributed by atoms with Crippen LogP contribution in [0.4, 0.5) is 0 Å². The molecule has 0 bridgehead atoms. The summed E-state index contributed by atoms with van der Waals surface area (Å²) in [4.78, 5) is 0. The van der Waals surface area contributed by atoms with Crippen LogP contribution in [-0.4, -0.2) is 37.6 Å². The second-order valence-electron chi connectivity index (χ2n) is 5.87. The highest BCUT2D eigenvalue weighted by Crippen LogP contribution is 2.32. The minimum absolute atomic E-state index is 0.373. The van der Waals surface area contributed by atoms with Gasteiger partial charge < -0.3 is 19.9 Å². The summed E-state index contributed by atoms with van der Waals surface area (Å²) in [5, 5.41) is 13.1. The SMILES string of the molecule is CC(C)COCC(O)CNCc1cc(Br)cc2c1OCC2. The maximum absolute atomic E-state index is 9.86. The number of rotatable bonds is 8. The zero-order valence-electron chi connectivity index (χ0n) is 12.7. The molecule has 0 fully saturated rings. The topological polar surface area (TPSA) is 50.7 Å². The van der Waals surface area contributed by atoms with Crippen molar-refractivity contribution in [3.05, 3.63) is 27.7 Å². The Morgan fingerprint density at radius 3 is 2.95 bits per heavy atom. The average Bonchev–Trinajstić information content (AvgIpc) is 2.86. The Bertz CT molecular complexity index is 465. The first-order chi connectivity index (χ1) is 10.1. The van der Waals surface area contributed by atoms with Gasteiger partial charge in [0.2, 0.25) is 0 Å². The number of benzene rings is 1. The van der Waals surface area contributed by atoms with Crippen LogP contribution in [0.15, 0.2) is 16.6 Å². The molecule has 1 aromatic carbocycles. The van der Waals surface area contributed by atoms with Gasteiger partial charge in [0.25, 0.3) is 0 Å². The number of hydrogen-bond acceptors (Lipinski definition) is 4. The van der Waals surface area contributed by atoms with E-state index in [0.717, 1.165) is 28.8 Å². The Labute approximate surface area is 135 Å². The van der Waals surface area contributed by atoms with Crippen molar-refractivity contribution in [2.24, 2.45) is 5.92 Å².